The minimum absolute atomic E-state index is 0. The Hall–Kier alpha value is -0.240. The van der Waals surface area contributed by atoms with Crippen LogP contribution in [0, 0.1) is 5.92 Å². The lowest BCUT2D eigenvalue weighted by molar-refractivity contribution is -0.126. The van der Waals surface area contributed by atoms with E-state index in [1.54, 1.807) is 7.05 Å². The number of hydrogen-bond donors (Lipinski definition) is 1. The van der Waals surface area contributed by atoms with Gasteiger partial charge in [0, 0.05) is 13.0 Å². The molecule has 1 N–H and O–H groups in total. The standard InChI is InChI=1S/C6H11NO.ClH/c1-7-6(8)5-3-2-4-5;/h5H,2-4H2,1H3,(H,7,8);1H. The van der Waals surface area contributed by atoms with Gasteiger partial charge in [-0.2, -0.15) is 0 Å². The van der Waals surface area contributed by atoms with Gasteiger partial charge in [0.25, 0.3) is 0 Å². The second-order valence-corrected chi connectivity index (χ2v) is 2.24. The smallest absolute Gasteiger partial charge is 0.222 e. The van der Waals surface area contributed by atoms with E-state index in [0.717, 1.165) is 12.8 Å². The van der Waals surface area contributed by atoms with Crippen LogP contribution in [0.1, 0.15) is 19.3 Å². The quantitative estimate of drug-likeness (QED) is 0.591. The van der Waals surface area contributed by atoms with Gasteiger partial charge < -0.3 is 5.32 Å². The maximum Gasteiger partial charge on any atom is 0.222 e. The molecule has 0 atom stereocenters. The van der Waals surface area contributed by atoms with Gasteiger partial charge in [-0.05, 0) is 12.8 Å². The molecule has 0 heterocycles. The van der Waals surface area contributed by atoms with Gasteiger partial charge in [-0.15, -0.1) is 12.4 Å². The molecular formula is C6H12ClNO. The maximum atomic E-state index is 10.7. The molecular weight excluding hydrogens is 138 g/mol. The largest absolute Gasteiger partial charge is 0.359 e. The number of hydrogen-bond acceptors (Lipinski definition) is 1. The molecule has 1 aliphatic rings. The highest BCUT2D eigenvalue weighted by atomic mass is 35.5. The van der Waals surface area contributed by atoms with Crippen molar-refractivity contribution in [2.24, 2.45) is 5.92 Å². The molecule has 1 saturated carbocycles. The van der Waals surface area contributed by atoms with Crippen molar-refractivity contribution >= 4 is 18.3 Å². The Bertz CT molecular complexity index is 101. The van der Waals surface area contributed by atoms with Crippen molar-refractivity contribution in [2.45, 2.75) is 19.3 Å². The predicted molar refractivity (Wildman–Crippen MR) is 38.7 cm³/mol. The molecule has 1 fully saturated rings. The fraction of sp³-hybridized carbons (Fsp3) is 0.833. The van der Waals surface area contributed by atoms with Crippen molar-refractivity contribution in [3.63, 3.8) is 0 Å². The topological polar surface area (TPSA) is 29.1 Å². The van der Waals surface area contributed by atoms with Crippen LogP contribution in [0.4, 0.5) is 0 Å². The van der Waals surface area contributed by atoms with Gasteiger partial charge in [-0.25, -0.2) is 0 Å². The molecule has 0 bridgehead atoms. The van der Waals surface area contributed by atoms with Crippen LogP contribution in [0.3, 0.4) is 0 Å². The monoisotopic (exact) mass is 149 g/mol. The van der Waals surface area contributed by atoms with E-state index in [0.29, 0.717) is 5.92 Å². The van der Waals surface area contributed by atoms with Gasteiger partial charge in [-0.3, -0.25) is 4.79 Å². The van der Waals surface area contributed by atoms with Crippen LogP contribution in [-0.2, 0) is 4.79 Å². The minimum atomic E-state index is 0. The summed E-state index contributed by atoms with van der Waals surface area (Å²) in [5.41, 5.74) is 0. The van der Waals surface area contributed by atoms with E-state index in [4.69, 9.17) is 0 Å². The molecule has 54 valence electrons. The molecule has 0 spiro atoms. The van der Waals surface area contributed by atoms with Crippen molar-refractivity contribution in [1.29, 1.82) is 0 Å². The first-order valence-electron chi connectivity index (χ1n) is 3.06. The van der Waals surface area contributed by atoms with E-state index in [1.165, 1.54) is 6.42 Å². The summed E-state index contributed by atoms with van der Waals surface area (Å²) in [5, 5.41) is 2.63. The SMILES string of the molecule is CNC(=O)C1CCC1.Cl. The van der Waals surface area contributed by atoms with E-state index in [9.17, 15) is 4.79 Å². The Kier molecular flexibility index (Phi) is 3.62. The van der Waals surface area contributed by atoms with E-state index < -0.39 is 0 Å². The zero-order valence-corrected chi connectivity index (χ0v) is 6.33. The van der Waals surface area contributed by atoms with E-state index in [1.807, 2.05) is 0 Å². The van der Waals surface area contributed by atoms with Gasteiger partial charge in [0.05, 0.1) is 0 Å². The predicted octanol–water partition coefficient (Wildman–Crippen LogP) is 0.954. The lowest BCUT2D eigenvalue weighted by Crippen LogP contribution is -2.31. The molecule has 3 heteroatoms. The molecule has 0 aromatic heterocycles. The molecule has 0 radical (unpaired) electrons. The zero-order valence-electron chi connectivity index (χ0n) is 5.52. The average molecular weight is 150 g/mol. The average Bonchev–Trinajstić information content (AvgIpc) is 1.62. The number of carbonyl (C=O) groups excluding carboxylic acids is 1. The summed E-state index contributed by atoms with van der Waals surface area (Å²) >= 11 is 0. The highest BCUT2D eigenvalue weighted by Gasteiger charge is 2.23. The molecule has 1 aliphatic carbocycles. The fourth-order valence-corrected chi connectivity index (χ4v) is 0.875. The van der Waals surface area contributed by atoms with Crippen molar-refractivity contribution in [3.05, 3.63) is 0 Å². The maximum absolute atomic E-state index is 10.7. The van der Waals surface area contributed by atoms with Crippen LogP contribution in [0.25, 0.3) is 0 Å². The van der Waals surface area contributed by atoms with Crippen molar-refractivity contribution in [3.8, 4) is 0 Å². The Balaban J connectivity index is 0.000000640. The van der Waals surface area contributed by atoms with Crippen LogP contribution in [-0.4, -0.2) is 13.0 Å². The molecule has 0 aromatic rings. The zero-order chi connectivity index (χ0) is 5.98. The first-order valence-corrected chi connectivity index (χ1v) is 3.06. The van der Waals surface area contributed by atoms with Crippen LogP contribution in [0.2, 0.25) is 0 Å². The fourth-order valence-electron chi connectivity index (χ4n) is 0.875. The van der Waals surface area contributed by atoms with Crippen LogP contribution >= 0.6 is 12.4 Å². The Labute approximate surface area is 61.4 Å². The minimum Gasteiger partial charge on any atom is -0.359 e. The van der Waals surface area contributed by atoms with Gasteiger partial charge in [-0.1, -0.05) is 6.42 Å². The summed E-state index contributed by atoms with van der Waals surface area (Å²) in [6.45, 7) is 0. The third kappa shape index (κ3) is 1.86. The molecule has 1 amide bonds. The Morgan fingerprint density at radius 2 is 2.11 bits per heavy atom. The number of amides is 1. The number of halogens is 1. The lowest BCUT2D eigenvalue weighted by atomic mass is 9.85. The van der Waals surface area contributed by atoms with E-state index in [2.05, 4.69) is 5.32 Å². The van der Waals surface area contributed by atoms with Gasteiger partial charge in [0.15, 0.2) is 0 Å². The van der Waals surface area contributed by atoms with Crippen LogP contribution < -0.4 is 5.32 Å². The molecule has 0 aromatic carbocycles. The lowest BCUT2D eigenvalue weighted by Gasteiger charge is -2.22. The normalized spacial score (nSPS) is 17.4. The summed E-state index contributed by atoms with van der Waals surface area (Å²) < 4.78 is 0. The second kappa shape index (κ2) is 3.72. The summed E-state index contributed by atoms with van der Waals surface area (Å²) in [5.74, 6) is 0.566. The molecule has 1 rings (SSSR count). The number of rotatable bonds is 1. The highest BCUT2D eigenvalue weighted by molar-refractivity contribution is 5.85. The number of nitrogens with one attached hydrogen (secondary N) is 1. The van der Waals surface area contributed by atoms with Crippen molar-refractivity contribution < 1.29 is 4.79 Å². The number of carbonyl (C=O) groups is 1. The summed E-state index contributed by atoms with van der Waals surface area (Å²) in [4.78, 5) is 10.7. The van der Waals surface area contributed by atoms with E-state index >= 15 is 0 Å². The summed E-state index contributed by atoms with van der Waals surface area (Å²) in [6.07, 6.45) is 3.43. The molecule has 0 aliphatic heterocycles. The van der Waals surface area contributed by atoms with Gasteiger partial charge in [0.2, 0.25) is 5.91 Å². The van der Waals surface area contributed by atoms with Gasteiger partial charge in [0.1, 0.15) is 0 Å². The Morgan fingerprint density at radius 3 is 2.22 bits per heavy atom. The third-order valence-corrected chi connectivity index (χ3v) is 1.72. The van der Waals surface area contributed by atoms with Crippen LogP contribution in [0.15, 0.2) is 0 Å². The van der Waals surface area contributed by atoms with Crippen molar-refractivity contribution in [1.82, 2.24) is 5.32 Å². The summed E-state index contributed by atoms with van der Waals surface area (Å²) in [6, 6.07) is 0. The third-order valence-electron chi connectivity index (χ3n) is 1.72. The first-order chi connectivity index (χ1) is 3.84. The van der Waals surface area contributed by atoms with Crippen LogP contribution in [0.5, 0.6) is 0 Å². The molecule has 2 nitrogen and oxygen atoms in total. The van der Waals surface area contributed by atoms with Crippen molar-refractivity contribution in [2.75, 3.05) is 7.05 Å². The molecule has 0 saturated heterocycles. The van der Waals surface area contributed by atoms with Gasteiger partial charge >= 0.3 is 0 Å². The Morgan fingerprint density at radius 1 is 1.56 bits per heavy atom. The van der Waals surface area contributed by atoms with E-state index in [-0.39, 0.29) is 18.3 Å². The summed E-state index contributed by atoms with van der Waals surface area (Å²) in [7, 11) is 1.70. The first kappa shape index (κ1) is 8.76. The molecule has 9 heavy (non-hydrogen) atoms. The second-order valence-electron chi connectivity index (χ2n) is 2.24. The molecule has 0 unspecified atom stereocenters. The highest BCUT2D eigenvalue weighted by Crippen LogP contribution is 2.25.